The lowest BCUT2D eigenvalue weighted by Crippen LogP contribution is -2.53. The number of thioether (sulfide) groups is 2. The molecule has 1 saturated heterocycles. The topological polar surface area (TPSA) is 17.1 Å². The highest BCUT2D eigenvalue weighted by molar-refractivity contribution is 8.21. The van der Waals surface area contributed by atoms with Crippen molar-refractivity contribution in [1.82, 2.24) is 0 Å². The maximum atomic E-state index is 12.4. The van der Waals surface area contributed by atoms with Gasteiger partial charge in [-0.1, -0.05) is 0 Å². The molecule has 5 saturated carbocycles. The van der Waals surface area contributed by atoms with Crippen molar-refractivity contribution in [3.63, 3.8) is 0 Å². The van der Waals surface area contributed by atoms with Crippen LogP contribution in [0, 0.1) is 47.3 Å². The molecule has 6 rings (SSSR count). The summed E-state index contributed by atoms with van der Waals surface area (Å²) in [5.41, 5.74) is 0. The maximum Gasteiger partial charge on any atom is 0.140 e. The van der Waals surface area contributed by atoms with Crippen molar-refractivity contribution in [2.45, 2.75) is 10.5 Å². The van der Waals surface area contributed by atoms with Gasteiger partial charge in [-0.3, -0.25) is 4.79 Å². The summed E-state index contributed by atoms with van der Waals surface area (Å²) < 4.78 is 0.542. The number of carbonyl (C=O) groups excluding carboxylic acids is 1. The minimum Gasteiger partial charge on any atom is -0.299 e. The molecule has 8 atom stereocenters. The lowest BCUT2D eigenvalue weighted by atomic mass is 9.59. The molecule has 16 heavy (non-hydrogen) atoms. The van der Waals surface area contributed by atoms with Crippen molar-refractivity contribution in [1.29, 1.82) is 0 Å². The van der Waals surface area contributed by atoms with Gasteiger partial charge in [0.1, 0.15) is 5.78 Å². The Balaban J connectivity index is 1.66. The molecule has 0 N–H and O–H groups in total. The van der Waals surface area contributed by atoms with Crippen molar-refractivity contribution in [3.8, 4) is 0 Å². The Hall–Kier alpha value is 0.370. The second-order valence-electron chi connectivity index (χ2n) is 6.64. The van der Waals surface area contributed by atoms with E-state index in [1.165, 1.54) is 17.9 Å². The summed E-state index contributed by atoms with van der Waals surface area (Å²) in [4.78, 5) is 12.4. The van der Waals surface area contributed by atoms with E-state index in [1.807, 2.05) is 0 Å². The first-order valence-electron chi connectivity index (χ1n) is 6.66. The number of hydrogen-bond acceptors (Lipinski definition) is 3. The van der Waals surface area contributed by atoms with Crippen molar-refractivity contribution < 1.29 is 4.79 Å². The zero-order valence-electron chi connectivity index (χ0n) is 8.96. The minimum atomic E-state index is 0.535. The van der Waals surface area contributed by atoms with Crippen LogP contribution in [0.15, 0.2) is 0 Å². The van der Waals surface area contributed by atoms with Crippen LogP contribution < -0.4 is 0 Å². The van der Waals surface area contributed by atoms with Gasteiger partial charge in [-0.15, -0.1) is 23.5 Å². The first-order chi connectivity index (χ1) is 7.84. The zero-order valence-corrected chi connectivity index (χ0v) is 10.6. The molecular weight excluding hydrogens is 236 g/mol. The van der Waals surface area contributed by atoms with Crippen LogP contribution in [0.2, 0.25) is 0 Å². The number of hydrogen-bond donors (Lipinski definition) is 0. The summed E-state index contributed by atoms with van der Waals surface area (Å²) in [5.74, 6) is 9.84. The van der Waals surface area contributed by atoms with Gasteiger partial charge < -0.3 is 0 Å². The van der Waals surface area contributed by atoms with Crippen LogP contribution in [0.4, 0.5) is 0 Å². The van der Waals surface area contributed by atoms with E-state index in [4.69, 9.17) is 0 Å². The number of fused-ring (bicyclic) bond motifs is 4. The normalized spacial score (nSPS) is 69.9. The Bertz CT molecular complexity index is 441. The van der Waals surface area contributed by atoms with Crippen LogP contribution in [-0.2, 0) is 4.79 Å². The monoisotopic (exact) mass is 250 g/mol. The minimum absolute atomic E-state index is 0.535. The molecule has 1 aliphatic heterocycles. The van der Waals surface area contributed by atoms with Gasteiger partial charge in [-0.05, 0) is 41.9 Å². The number of carbonyl (C=O) groups is 1. The van der Waals surface area contributed by atoms with Gasteiger partial charge in [0.2, 0.25) is 0 Å². The molecule has 0 unspecified atom stereocenters. The van der Waals surface area contributed by atoms with E-state index in [0.717, 1.165) is 41.3 Å². The molecular formula is C13H14OS2. The molecule has 5 aliphatic carbocycles. The third kappa shape index (κ3) is 0.534. The van der Waals surface area contributed by atoms with E-state index < -0.39 is 0 Å². The highest BCUT2D eigenvalue weighted by Gasteiger charge is 2.88. The molecule has 1 spiro atoms. The first kappa shape index (κ1) is 8.47. The third-order valence-electron chi connectivity index (χ3n) is 6.83. The molecule has 6 aliphatic rings. The van der Waals surface area contributed by atoms with E-state index >= 15 is 0 Å². The number of ketones is 1. The van der Waals surface area contributed by atoms with E-state index in [1.54, 1.807) is 0 Å². The first-order valence-corrected chi connectivity index (χ1v) is 8.63. The molecule has 2 bridgehead atoms. The summed E-state index contributed by atoms with van der Waals surface area (Å²) in [7, 11) is 0. The highest BCUT2D eigenvalue weighted by atomic mass is 32.2. The Morgan fingerprint density at radius 3 is 2.62 bits per heavy atom. The fraction of sp³-hybridized carbons (Fsp3) is 0.923. The smallest absolute Gasteiger partial charge is 0.140 e. The van der Waals surface area contributed by atoms with E-state index in [2.05, 4.69) is 23.5 Å². The Morgan fingerprint density at radius 1 is 1.00 bits per heavy atom. The standard InChI is InChI=1S/C13H14OS2/c14-12-8-4-3-5-7-6(4)9(12)11(7)13(10(5)8)15-1-2-16-13/h4-11H,1-3H2/t4-,5+,6-,7+,8+,9-,10-,11+/m0/s1. The predicted octanol–water partition coefficient (Wildman–Crippen LogP) is 2.12. The molecule has 1 heterocycles. The average Bonchev–Trinajstić information content (AvgIpc) is 2.87. The van der Waals surface area contributed by atoms with Crippen molar-refractivity contribution >= 4 is 29.3 Å². The van der Waals surface area contributed by atoms with Gasteiger partial charge in [0.25, 0.3) is 0 Å². The molecule has 0 radical (unpaired) electrons. The van der Waals surface area contributed by atoms with Crippen LogP contribution in [0.1, 0.15) is 6.42 Å². The Labute approximate surface area is 103 Å². The van der Waals surface area contributed by atoms with E-state index in [-0.39, 0.29) is 0 Å². The summed E-state index contributed by atoms with van der Waals surface area (Å²) in [6.07, 6.45) is 1.44. The second kappa shape index (κ2) is 2.16. The number of rotatable bonds is 0. The van der Waals surface area contributed by atoms with Crippen LogP contribution in [0.5, 0.6) is 0 Å². The maximum absolute atomic E-state index is 12.4. The molecule has 84 valence electrons. The predicted molar refractivity (Wildman–Crippen MR) is 65.2 cm³/mol. The van der Waals surface area contributed by atoms with Gasteiger partial charge in [0, 0.05) is 23.3 Å². The van der Waals surface area contributed by atoms with Crippen LogP contribution in [0.3, 0.4) is 0 Å². The summed E-state index contributed by atoms with van der Waals surface area (Å²) in [5, 5.41) is 0. The quantitative estimate of drug-likeness (QED) is 0.655. The van der Waals surface area contributed by atoms with Crippen LogP contribution >= 0.6 is 23.5 Å². The summed E-state index contributed by atoms with van der Waals surface area (Å²) >= 11 is 4.50. The lowest BCUT2D eigenvalue weighted by Gasteiger charge is -2.50. The molecule has 1 nitrogen and oxygen atoms in total. The lowest BCUT2D eigenvalue weighted by molar-refractivity contribution is -0.133. The summed E-state index contributed by atoms with van der Waals surface area (Å²) in [6, 6.07) is 0. The van der Waals surface area contributed by atoms with Crippen LogP contribution in [-0.4, -0.2) is 21.4 Å². The molecule has 0 amide bonds. The van der Waals surface area contributed by atoms with Crippen molar-refractivity contribution in [3.05, 3.63) is 0 Å². The van der Waals surface area contributed by atoms with Gasteiger partial charge in [-0.25, -0.2) is 0 Å². The largest absolute Gasteiger partial charge is 0.299 e. The Kier molecular flexibility index (Phi) is 1.14. The molecule has 0 aromatic carbocycles. The van der Waals surface area contributed by atoms with Gasteiger partial charge in [-0.2, -0.15) is 0 Å². The van der Waals surface area contributed by atoms with E-state index in [0.29, 0.717) is 15.9 Å². The zero-order chi connectivity index (χ0) is 10.2. The fourth-order valence-electron chi connectivity index (χ4n) is 6.94. The second-order valence-corrected chi connectivity index (χ2v) is 9.65. The summed E-state index contributed by atoms with van der Waals surface area (Å²) in [6.45, 7) is 0. The Morgan fingerprint density at radius 2 is 1.81 bits per heavy atom. The van der Waals surface area contributed by atoms with Crippen molar-refractivity contribution in [2.75, 3.05) is 11.5 Å². The van der Waals surface area contributed by atoms with Gasteiger partial charge in [0.05, 0.1) is 4.08 Å². The molecule has 0 aromatic rings. The molecule has 0 aromatic heterocycles. The van der Waals surface area contributed by atoms with Crippen molar-refractivity contribution in [2.24, 2.45) is 47.3 Å². The fourth-order valence-corrected chi connectivity index (χ4v) is 11.1. The molecule has 3 heteroatoms. The van der Waals surface area contributed by atoms with E-state index in [9.17, 15) is 4.79 Å². The SMILES string of the molecule is O=C1[C@@H]2[C@H]3C[C@@H]4[C@@H]5[C@H]3[C@H]1[C@@H]5C1(SCCS1)[C@@H]42. The van der Waals surface area contributed by atoms with Gasteiger partial charge >= 0.3 is 0 Å². The average molecular weight is 250 g/mol. The van der Waals surface area contributed by atoms with Crippen LogP contribution in [0.25, 0.3) is 0 Å². The van der Waals surface area contributed by atoms with Gasteiger partial charge in [0.15, 0.2) is 0 Å². The number of Topliss-reactive ketones (excluding diaryl/α,β-unsaturated/α-hetero) is 1. The third-order valence-corrected chi connectivity index (χ3v) is 10.6. The highest BCUT2D eigenvalue weighted by Crippen LogP contribution is 2.88. The molecule has 6 fully saturated rings.